The number of aromatic carboxylic acids is 1. The molecule has 0 aliphatic carbocycles. The van der Waals surface area contributed by atoms with Crippen LogP contribution < -0.4 is 9.62 Å². The number of carboxylic acid groups (broad SMARTS) is 1. The molecule has 6 nitrogen and oxygen atoms in total. The lowest BCUT2D eigenvalue weighted by Crippen LogP contribution is -2.17. The van der Waals surface area contributed by atoms with Crippen LogP contribution in [0.1, 0.15) is 15.9 Å². The summed E-state index contributed by atoms with van der Waals surface area (Å²) in [5.74, 6) is -1.85. The van der Waals surface area contributed by atoms with Gasteiger partial charge in [-0.25, -0.2) is 17.6 Å². The summed E-state index contributed by atoms with van der Waals surface area (Å²) in [7, 11) is -0.674. The van der Waals surface area contributed by atoms with E-state index in [1.165, 1.54) is 30.3 Å². The minimum absolute atomic E-state index is 0.0452. The van der Waals surface area contributed by atoms with Gasteiger partial charge in [0, 0.05) is 19.8 Å². The summed E-state index contributed by atoms with van der Waals surface area (Å²) in [6, 6.07) is 7.63. The zero-order valence-corrected chi connectivity index (χ0v) is 14.2. The summed E-state index contributed by atoms with van der Waals surface area (Å²) < 4.78 is 40.5. The van der Waals surface area contributed by atoms with Crippen molar-refractivity contribution < 1.29 is 22.7 Å². The van der Waals surface area contributed by atoms with E-state index in [-0.39, 0.29) is 16.1 Å². The van der Waals surface area contributed by atoms with E-state index in [9.17, 15) is 22.7 Å². The van der Waals surface area contributed by atoms with Crippen molar-refractivity contribution in [3.63, 3.8) is 0 Å². The Morgan fingerprint density at radius 1 is 1.17 bits per heavy atom. The number of sulfonamides is 1. The Morgan fingerprint density at radius 2 is 1.83 bits per heavy atom. The summed E-state index contributed by atoms with van der Waals surface area (Å²) in [4.78, 5) is 12.8. The predicted octanol–water partition coefficient (Wildman–Crippen LogP) is 2.70. The maximum absolute atomic E-state index is 13.4. The highest BCUT2D eigenvalue weighted by Crippen LogP contribution is 2.26. The first-order valence-corrected chi connectivity index (χ1v) is 8.44. The van der Waals surface area contributed by atoms with Crippen LogP contribution in [0, 0.1) is 12.7 Å². The molecule has 2 N–H and O–H groups in total. The van der Waals surface area contributed by atoms with E-state index in [4.69, 9.17) is 0 Å². The molecule has 128 valence electrons. The van der Waals surface area contributed by atoms with Crippen LogP contribution in [-0.2, 0) is 10.0 Å². The molecular formula is C16H17FN2O4S. The lowest BCUT2D eigenvalue weighted by molar-refractivity contribution is 0.0697. The summed E-state index contributed by atoms with van der Waals surface area (Å²) in [5.41, 5.74) is 0.859. The number of aryl methyl sites for hydroxylation is 1. The van der Waals surface area contributed by atoms with Gasteiger partial charge in [-0.3, -0.25) is 4.72 Å². The fourth-order valence-electron chi connectivity index (χ4n) is 2.23. The van der Waals surface area contributed by atoms with Crippen molar-refractivity contribution in [2.45, 2.75) is 11.8 Å². The van der Waals surface area contributed by atoms with Gasteiger partial charge in [-0.15, -0.1) is 0 Å². The van der Waals surface area contributed by atoms with Crippen molar-refractivity contribution in [2.24, 2.45) is 0 Å². The molecule has 2 aromatic carbocycles. The van der Waals surface area contributed by atoms with Crippen molar-refractivity contribution in [1.29, 1.82) is 0 Å². The molecule has 0 fully saturated rings. The largest absolute Gasteiger partial charge is 0.478 e. The second-order valence-electron chi connectivity index (χ2n) is 5.45. The molecule has 2 rings (SSSR count). The Hall–Kier alpha value is -2.61. The monoisotopic (exact) mass is 352 g/mol. The summed E-state index contributed by atoms with van der Waals surface area (Å²) in [6.45, 7) is 1.55. The van der Waals surface area contributed by atoms with Crippen molar-refractivity contribution in [3.05, 3.63) is 53.3 Å². The van der Waals surface area contributed by atoms with E-state index in [0.717, 1.165) is 6.07 Å². The van der Waals surface area contributed by atoms with E-state index < -0.39 is 21.8 Å². The van der Waals surface area contributed by atoms with E-state index >= 15 is 0 Å². The first-order valence-electron chi connectivity index (χ1n) is 6.95. The number of rotatable bonds is 5. The molecule has 0 radical (unpaired) electrons. The van der Waals surface area contributed by atoms with Crippen LogP contribution in [0.25, 0.3) is 0 Å². The minimum Gasteiger partial charge on any atom is -0.478 e. The number of hydrogen-bond donors (Lipinski definition) is 2. The molecule has 0 spiro atoms. The Balaban J connectivity index is 2.45. The van der Waals surface area contributed by atoms with E-state index in [1.807, 2.05) is 0 Å². The zero-order valence-electron chi connectivity index (χ0n) is 13.4. The quantitative estimate of drug-likeness (QED) is 0.864. The second kappa shape index (κ2) is 6.48. The standard InChI is InChI=1S/C16H17FN2O4S/c1-10-4-5-11(17)8-15(10)24(22,23)18-12-6-7-14(19(2)3)13(9-12)16(20)21/h4-9,18H,1-3H3,(H,20,21). The molecular weight excluding hydrogens is 335 g/mol. The molecule has 2 aromatic rings. The summed E-state index contributed by atoms with van der Waals surface area (Å²) in [6.07, 6.45) is 0. The molecule has 8 heteroatoms. The lowest BCUT2D eigenvalue weighted by atomic mass is 10.1. The normalized spacial score (nSPS) is 11.2. The highest BCUT2D eigenvalue weighted by atomic mass is 32.2. The maximum atomic E-state index is 13.4. The average Bonchev–Trinajstić information content (AvgIpc) is 2.48. The van der Waals surface area contributed by atoms with Crippen LogP contribution in [0.15, 0.2) is 41.3 Å². The van der Waals surface area contributed by atoms with E-state index in [1.54, 1.807) is 25.9 Å². The molecule has 0 heterocycles. The predicted molar refractivity (Wildman–Crippen MR) is 89.7 cm³/mol. The fourth-order valence-corrected chi connectivity index (χ4v) is 3.54. The van der Waals surface area contributed by atoms with Gasteiger partial charge in [0.15, 0.2) is 0 Å². The highest BCUT2D eigenvalue weighted by Gasteiger charge is 2.20. The van der Waals surface area contributed by atoms with Gasteiger partial charge < -0.3 is 10.0 Å². The second-order valence-corrected chi connectivity index (χ2v) is 7.10. The third-order valence-electron chi connectivity index (χ3n) is 3.40. The molecule has 0 bridgehead atoms. The van der Waals surface area contributed by atoms with Crippen LogP contribution in [0.2, 0.25) is 0 Å². The van der Waals surface area contributed by atoms with Gasteiger partial charge in [0.1, 0.15) is 5.82 Å². The number of hydrogen-bond acceptors (Lipinski definition) is 4. The van der Waals surface area contributed by atoms with Gasteiger partial charge in [-0.1, -0.05) is 6.07 Å². The average molecular weight is 352 g/mol. The Morgan fingerprint density at radius 3 is 2.42 bits per heavy atom. The lowest BCUT2D eigenvalue weighted by Gasteiger charge is -2.17. The van der Waals surface area contributed by atoms with Crippen LogP contribution in [-0.4, -0.2) is 33.6 Å². The number of anilines is 2. The number of halogens is 1. The van der Waals surface area contributed by atoms with Crippen LogP contribution in [0.5, 0.6) is 0 Å². The molecule has 0 atom stereocenters. The number of benzene rings is 2. The topological polar surface area (TPSA) is 86.7 Å². The van der Waals surface area contributed by atoms with Gasteiger partial charge in [0.25, 0.3) is 10.0 Å². The molecule has 0 aromatic heterocycles. The molecule has 0 aliphatic rings. The van der Waals surface area contributed by atoms with E-state index in [2.05, 4.69) is 4.72 Å². The van der Waals surface area contributed by atoms with Crippen LogP contribution >= 0.6 is 0 Å². The number of carboxylic acids is 1. The van der Waals surface area contributed by atoms with Crippen molar-refractivity contribution >= 4 is 27.4 Å². The number of nitrogens with zero attached hydrogens (tertiary/aromatic N) is 1. The molecule has 24 heavy (non-hydrogen) atoms. The fraction of sp³-hybridized carbons (Fsp3) is 0.188. The summed E-state index contributed by atoms with van der Waals surface area (Å²) >= 11 is 0. The van der Waals surface area contributed by atoms with E-state index in [0.29, 0.717) is 11.3 Å². The molecule has 0 saturated heterocycles. The van der Waals surface area contributed by atoms with Crippen molar-refractivity contribution in [2.75, 3.05) is 23.7 Å². The summed E-state index contributed by atoms with van der Waals surface area (Å²) in [5, 5.41) is 9.28. The Bertz CT molecular complexity index is 895. The number of carbonyl (C=O) groups is 1. The third kappa shape index (κ3) is 3.65. The van der Waals surface area contributed by atoms with Crippen molar-refractivity contribution in [1.82, 2.24) is 0 Å². The van der Waals surface area contributed by atoms with Gasteiger partial charge in [0.05, 0.1) is 16.1 Å². The highest BCUT2D eigenvalue weighted by molar-refractivity contribution is 7.92. The van der Waals surface area contributed by atoms with Crippen LogP contribution in [0.4, 0.5) is 15.8 Å². The molecule has 0 amide bonds. The van der Waals surface area contributed by atoms with Gasteiger partial charge in [-0.2, -0.15) is 0 Å². The zero-order chi connectivity index (χ0) is 18.1. The molecule has 0 saturated carbocycles. The van der Waals surface area contributed by atoms with Crippen molar-refractivity contribution in [3.8, 4) is 0 Å². The molecule has 0 aliphatic heterocycles. The first-order chi connectivity index (χ1) is 11.1. The molecule has 0 unspecified atom stereocenters. The minimum atomic E-state index is -4.04. The maximum Gasteiger partial charge on any atom is 0.337 e. The van der Waals surface area contributed by atoms with Crippen LogP contribution in [0.3, 0.4) is 0 Å². The first kappa shape index (κ1) is 17.7. The van der Waals surface area contributed by atoms with Gasteiger partial charge in [-0.05, 0) is 42.8 Å². The smallest absolute Gasteiger partial charge is 0.337 e. The SMILES string of the molecule is Cc1ccc(F)cc1S(=O)(=O)Nc1ccc(N(C)C)c(C(=O)O)c1. The number of nitrogens with one attached hydrogen (secondary N) is 1. The third-order valence-corrected chi connectivity index (χ3v) is 4.92. The van der Waals surface area contributed by atoms with Gasteiger partial charge in [0.2, 0.25) is 0 Å². The Labute approximate surface area is 139 Å². The van der Waals surface area contributed by atoms with Gasteiger partial charge >= 0.3 is 5.97 Å². The Kier molecular flexibility index (Phi) is 4.79.